The number of aromatic nitrogens is 1. The number of ether oxygens (including phenoxy) is 3. The molecule has 2 fully saturated rings. The summed E-state index contributed by atoms with van der Waals surface area (Å²) in [5.41, 5.74) is 7.16. The second kappa shape index (κ2) is 11.9. The molecule has 2 atom stereocenters. The van der Waals surface area contributed by atoms with Gasteiger partial charge in [-0.1, -0.05) is 12.1 Å². The summed E-state index contributed by atoms with van der Waals surface area (Å²) in [6.45, 7) is 14.5. The summed E-state index contributed by atoms with van der Waals surface area (Å²) in [7, 11) is 0. The number of hydrogen-bond acceptors (Lipinski definition) is 8. The number of likely N-dealkylation sites (tertiary alicyclic amines) is 1. The van der Waals surface area contributed by atoms with Gasteiger partial charge >= 0.3 is 12.2 Å². The molecule has 40 heavy (non-hydrogen) atoms. The Kier molecular flexibility index (Phi) is 8.77. The zero-order valence-electron chi connectivity index (χ0n) is 24.6. The summed E-state index contributed by atoms with van der Waals surface area (Å²) < 4.78 is 17.1. The molecule has 218 valence electrons. The van der Waals surface area contributed by atoms with Gasteiger partial charge in [0.15, 0.2) is 0 Å². The smallest absolute Gasteiger partial charge is 0.410 e. The van der Waals surface area contributed by atoms with E-state index in [1.807, 2.05) is 78.1 Å². The number of carbonyl (C=O) groups is 2. The van der Waals surface area contributed by atoms with Gasteiger partial charge in [0.05, 0.1) is 6.04 Å². The molecule has 2 aromatic rings. The second-order valence-electron chi connectivity index (χ2n) is 12.5. The molecule has 0 unspecified atom stereocenters. The third kappa shape index (κ3) is 8.00. The van der Waals surface area contributed by atoms with Crippen molar-refractivity contribution in [2.75, 3.05) is 44.2 Å². The van der Waals surface area contributed by atoms with Gasteiger partial charge in [-0.15, -0.1) is 0 Å². The summed E-state index contributed by atoms with van der Waals surface area (Å²) in [4.78, 5) is 35.2. The number of nitrogens with two attached hydrogens (primary N) is 1. The fraction of sp³-hybridized carbons (Fsp3) is 0.567. The van der Waals surface area contributed by atoms with Crippen LogP contribution in [0.25, 0.3) is 11.1 Å². The van der Waals surface area contributed by atoms with E-state index in [0.29, 0.717) is 45.8 Å². The Bertz CT molecular complexity index is 1170. The molecular formula is C30H43N5O5. The monoisotopic (exact) mass is 553 g/mol. The first-order chi connectivity index (χ1) is 18.8. The van der Waals surface area contributed by atoms with E-state index in [2.05, 4.69) is 16.0 Å². The lowest BCUT2D eigenvalue weighted by molar-refractivity contribution is 0.0184. The van der Waals surface area contributed by atoms with E-state index in [9.17, 15) is 9.59 Å². The molecule has 2 aliphatic heterocycles. The fourth-order valence-corrected chi connectivity index (χ4v) is 4.81. The van der Waals surface area contributed by atoms with Gasteiger partial charge in [-0.3, -0.25) is 0 Å². The van der Waals surface area contributed by atoms with E-state index < -0.39 is 11.2 Å². The van der Waals surface area contributed by atoms with Crippen molar-refractivity contribution in [2.45, 2.75) is 71.2 Å². The minimum atomic E-state index is -0.563. The zero-order chi connectivity index (χ0) is 29.1. The molecule has 0 radical (unpaired) electrons. The number of anilines is 1. The standard InChI is InChI=1S/C30H43N5O5/c1-29(2,3)39-27(36)34-15-13-33(14-16-34)26-17-22(11-12-32-26)21-7-9-25(10-8-21)38-20-24-18-23(31)19-35(24)28(37)40-30(4,5)6/h7-12,17,23-24H,13-16,18-20,31H2,1-6H3/t23-,24-/m0/s1. The molecule has 0 spiro atoms. The van der Waals surface area contributed by atoms with Crippen LogP contribution in [0, 0.1) is 0 Å². The highest BCUT2D eigenvalue weighted by molar-refractivity contribution is 5.70. The number of pyridine rings is 1. The van der Waals surface area contributed by atoms with E-state index in [1.165, 1.54) is 0 Å². The molecule has 0 bridgehead atoms. The number of piperazine rings is 1. The molecule has 2 amide bonds. The molecule has 10 heteroatoms. The lowest BCUT2D eigenvalue weighted by Crippen LogP contribution is -2.50. The van der Waals surface area contributed by atoms with Crippen LogP contribution in [0.5, 0.6) is 5.75 Å². The Balaban J connectivity index is 1.33. The predicted octanol–water partition coefficient (Wildman–Crippen LogP) is 4.52. The molecule has 2 saturated heterocycles. The molecule has 1 aromatic carbocycles. The Morgan fingerprint density at radius 3 is 2.15 bits per heavy atom. The number of rotatable bonds is 5. The predicted molar refractivity (Wildman–Crippen MR) is 155 cm³/mol. The fourth-order valence-electron chi connectivity index (χ4n) is 4.81. The summed E-state index contributed by atoms with van der Waals surface area (Å²) in [5, 5.41) is 0. The van der Waals surface area contributed by atoms with E-state index >= 15 is 0 Å². The average molecular weight is 554 g/mol. The van der Waals surface area contributed by atoms with Crippen LogP contribution in [0.2, 0.25) is 0 Å². The van der Waals surface area contributed by atoms with Crippen molar-refractivity contribution in [3.8, 4) is 16.9 Å². The average Bonchev–Trinajstić information content (AvgIpc) is 3.26. The van der Waals surface area contributed by atoms with Crippen molar-refractivity contribution >= 4 is 18.0 Å². The minimum Gasteiger partial charge on any atom is -0.491 e. The number of carbonyl (C=O) groups excluding carboxylic acids is 2. The van der Waals surface area contributed by atoms with Crippen LogP contribution in [0.4, 0.5) is 15.4 Å². The largest absolute Gasteiger partial charge is 0.491 e. The van der Waals surface area contributed by atoms with Crippen LogP contribution in [0.3, 0.4) is 0 Å². The van der Waals surface area contributed by atoms with Gasteiger partial charge in [-0.2, -0.15) is 0 Å². The Labute approximate surface area is 237 Å². The lowest BCUT2D eigenvalue weighted by Gasteiger charge is -2.36. The molecule has 3 heterocycles. The molecule has 0 aliphatic carbocycles. The van der Waals surface area contributed by atoms with Gasteiger partial charge in [0, 0.05) is 45.0 Å². The molecule has 0 saturated carbocycles. The highest BCUT2D eigenvalue weighted by Crippen LogP contribution is 2.27. The summed E-state index contributed by atoms with van der Waals surface area (Å²) in [5.74, 6) is 1.60. The first-order valence-electron chi connectivity index (χ1n) is 13.9. The molecule has 2 N–H and O–H groups in total. The SMILES string of the molecule is CC(C)(C)OC(=O)N1CCN(c2cc(-c3ccc(OC[C@@H]4C[C@H](N)CN4C(=O)OC(C)(C)C)cc3)ccn2)CC1. The van der Waals surface area contributed by atoms with E-state index in [1.54, 1.807) is 9.80 Å². The van der Waals surface area contributed by atoms with Crippen LogP contribution in [0.1, 0.15) is 48.0 Å². The van der Waals surface area contributed by atoms with Gasteiger partial charge < -0.3 is 34.6 Å². The topological polar surface area (TPSA) is 110 Å². The van der Waals surface area contributed by atoms with Crippen LogP contribution < -0.4 is 15.4 Å². The van der Waals surface area contributed by atoms with E-state index in [-0.39, 0.29) is 24.3 Å². The van der Waals surface area contributed by atoms with Gasteiger partial charge in [-0.05, 0) is 83.4 Å². The van der Waals surface area contributed by atoms with Crippen molar-refractivity contribution < 1.29 is 23.8 Å². The lowest BCUT2D eigenvalue weighted by atomic mass is 10.1. The van der Waals surface area contributed by atoms with E-state index in [4.69, 9.17) is 19.9 Å². The van der Waals surface area contributed by atoms with Crippen LogP contribution in [-0.4, -0.2) is 89.6 Å². The third-order valence-electron chi connectivity index (χ3n) is 6.71. The zero-order valence-corrected chi connectivity index (χ0v) is 24.6. The van der Waals surface area contributed by atoms with Crippen LogP contribution >= 0.6 is 0 Å². The third-order valence-corrected chi connectivity index (χ3v) is 6.71. The summed E-state index contributed by atoms with van der Waals surface area (Å²) in [6, 6.07) is 11.7. The molecule has 10 nitrogen and oxygen atoms in total. The first kappa shape index (κ1) is 29.5. The van der Waals surface area contributed by atoms with Crippen molar-refractivity contribution in [3.63, 3.8) is 0 Å². The molecular weight excluding hydrogens is 510 g/mol. The van der Waals surface area contributed by atoms with Crippen molar-refractivity contribution in [2.24, 2.45) is 5.73 Å². The highest BCUT2D eigenvalue weighted by Gasteiger charge is 2.36. The first-order valence-corrected chi connectivity index (χ1v) is 13.9. The van der Waals surface area contributed by atoms with Crippen molar-refractivity contribution in [3.05, 3.63) is 42.6 Å². The second-order valence-corrected chi connectivity index (χ2v) is 12.5. The Hall–Kier alpha value is -3.53. The molecule has 1 aromatic heterocycles. The van der Waals surface area contributed by atoms with Gasteiger partial charge in [0.2, 0.25) is 0 Å². The van der Waals surface area contributed by atoms with Crippen molar-refractivity contribution in [1.82, 2.24) is 14.8 Å². The highest BCUT2D eigenvalue weighted by atomic mass is 16.6. The van der Waals surface area contributed by atoms with Crippen LogP contribution in [-0.2, 0) is 9.47 Å². The number of hydrogen-bond donors (Lipinski definition) is 1. The Morgan fingerprint density at radius 1 is 0.900 bits per heavy atom. The van der Waals surface area contributed by atoms with Crippen LogP contribution in [0.15, 0.2) is 42.6 Å². The summed E-state index contributed by atoms with van der Waals surface area (Å²) in [6.07, 6.45) is 1.85. The maximum atomic E-state index is 12.6. The Morgan fingerprint density at radius 2 is 1.52 bits per heavy atom. The maximum Gasteiger partial charge on any atom is 0.410 e. The number of amides is 2. The summed E-state index contributed by atoms with van der Waals surface area (Å²) >= 11 is 0. The maximum absolute atomic E-state index is 12.6. The quantitative estimate of drug-likeness (QED) is 0.576. The van der Waals surface area contributed by atoms with Gasteiger partial charge in [-0.25, -0.2) is 14.6 Å². The normalized spacial score (nSPS) is 19.9. The minimum absolute atomic E-state index is 0.0929. The molecule has 2 aliphatic rings. The van der Waals surface area contributed by atoms with Gasteiger partial charge in [0.25, 0.3) is 0 Å². The van der Waals surface area contributed by atoms with E-state index in [0.717, 1.165) is 22.7 Å². The van der Waals surface area contributed by atoms with Gasteiger partial charge in [0.1, 0.15) is 29.4 Å². The van der Waals surface area contributed by atoms with Crippen molar-refractivity contribution in [1.29, 1.82) is 0 Å². The number of benzene rings is 1. The number of nitrogens with zero attached hydrogens (tertiary/aromatic N) is 4. The molecule has 4 rings (SSSR count).